The number of halogens is 4. The molecular weight excluding hydrogens is 480 g/mol. The quantitative estimate of drug-likeness (QED) is 0.214. The maximum Gasteiger partial charge on any atom is 0.254 e. The number of carbonyl (C=O) groups excluding carboxylic acids is 1. The minimum Gasteiger partial charge on any atom is -0.490 e. The lowest BCUT2D eigenvalue weighted by atomic mass is 10.1. The van der Waals surface area contributed by atoms with Crippen molar-refractivity contribution in [3.8, 4) is 11.5 Å². The first kappa shape index (κ1) is 25.4. The lowest BCUT2D eigenvalue weighted by molar-refractivity contribution is -0.115. The van der Waals surface area contributed by atoms with E-state index in [1.165, 1.54) is 0 Å². The van der Waals surface area contributed by atoms with Crippen molar-refractivity contribution in [1.29, 1.82) is 0 Å². The second-order valence-electron chi connectivity index (χ2n) is 6.77. The van der Waals surface area contributed by atoms with Crippen LogP contribution in [0.25, 0.3) is 5.57 Å². The highest BCUT2D eigenvalue weighted by Crippen LogP contribution is 2.37. The third kappa shape index (κ3) is 8.30. The highest BCUT2D eigenvalue weighted by molar-refractivity contribution is 6.61. The molecule has 2 rings (SSSR count). The van der Waals surface area contributed by atoms with Crippen LogP contribution in [0.3, 0.4) is 0 Å². The summed E-state index contributed by atoms with van der Waals surface area (Å²) in [5, 5.41) is 3.49. The van der Waals surface area contributed by atoms with E-state index < -0.39 is 0 Å². The normalized spacial score (nSPS) is 10.3. The van der Waals surface area contributed by atoms with Crippen LogP contribution in [0, 0.1) is 0 Å². The molecule has 0 heterocycles. The monoisotopic (exact) mass is 501 g/mol. The van der Waals surface area contributed by atoms with Gasteiger partial charge in [-0.05, 0) is 31.9 Å². The average molecular weight is 503 g/mol. The molecule has 0 spiro atoms. The molecular formula is C23H23Cl4NO3. The van der Waals surface area contributed by atoms with Gasteiger partial charge in [-0.2, -0.15) is 0 Å². The van der Waals surface area contributed by atoms with E-state index in [0.717, 1.165) is 5.57 Å². The van der Waals surface area contributed by atoms with E-state index in [2.05, 4.69) is 5.32 Å². The average Bonchev–Trinajstić information content (AvgIpc) is 2.70. The van der Waals surface area contributed by atoms with Gasteiger partial charge in [-0.1, -0.05) is 82.3 Å². The van der Waals surface area contributed by atoms with E-state index in [0.29, 0.717) is 53.3 Å². The molecule has 31 heavy (non-hydrogen) atoms. The largest absolute Gasteiger partial charge is 0.490 e. The van der Waals surface area contributed by atoms with Gasteiger partial charge in [-0.25, -0.2) is 0 Å². The molecule has 0 unspecified atom stereocenters. The lowest BCUT2D eigenvalue weighted by Crippen LogP contribution is -2.26. The number of hydrogen-bond acceptors (Lipinski definition) is 3. The maximum atomic E-state index is 12.5. The van der Waals surface area contributed by atoms with Crippen LogP contribution in [-0.4, -0.2) is 25.7 Å². The summed E-state index contributed by atoms with van der Waals surface area (Å²) in [4.78, 5) is 12.5. The second-order valence-corrected chi connectivity index (χ2v) is 8.53. The Morgan fingerprint density at radius 3 is 2.26 bits per heavy atom. The number of hydrogen-bond donors (Lipinski definition) is 1. The van der Waals surface area contributed by atoms with Crippen molar-refractivity contribution in [2.24, 2.45) is 0 Å². The number of carbonyl (C=O) groups is 1. The summed E-state index contributed by atoms with van der Waals surface area (Å²) in [5.74, 6) is 0.573. The van der Waals surface area contributed by atoms with Gasteiger partial charge in [0.15, 0.2) is 5.75 Å². The topological polar surface area (TPSA) is 47.6 Å². The minimum atomic E-state index is -0.361. The number of nitrogens with one attached hydrogen (secondary N) is 1. The van der Waals surface area contributed by atoms with Crippen LogP contribution in [0.4, 0.5) is 0 Å². The lowest BCUT2D eigenvalue weighted by Gasteiger charge is -2.13. The van der Waals surface area contributed by atoms with Gasteiger partial charge in [0.1, 0.15) is 16.8 Å². The molecule has 166 valence electrons. The fourth-order valence-electron chi connectivity index (χ4n) is 2.53. The second kappa shape index (κ2) is 12.9. The van der Waals surface area contributed by atoms with Gasteiger partial charge in [-0.15, -0.1) is 0 Å². The van der Waals surface area contributed by atoms with Gasteiger partial charge in [0.05, 0.1) is 22.2 Å². The zero-order chi connectivity index (χ0) is 22.8. The smallest absolute Gasteiger partial charge is 0.254 e. The van der Waals surface area contributed by atoms with E-state index in [4.69, 9.17) is 55.9 Å². The molecule has 0 atom stereocenters. The summed E-state index contributed by atoms with van der Waals surface area (Å²) >= 11 is 24.4. The summed E-state index contributed by atoms with van der Waals surface area (Å²) in [6.45, 7) is 5.07. The van der Waals surface area contributed by atoms with Gasteiger partial charge in [-0.3, -0.25) is 4.79 Å². The molecule has 0 bridgehead atoms. The van der Waals surface area contributed by atoms with Gasteiger partial charge in [0, 0.05) is 18.7 Å². The molecule has 2 aromatic carbocycles. The molecule has 0 fully saturated rings. The van der Waals surface area contributed by atoms with E-state index in [1.54, 1.807) is 36.4 Å². The Balaban J connectivity index is 1.85. The zero-order valence-corrected chi connectivity index (χ0v) is 20.2. The third-order valence-corrected chi connectivity index (χ3v) is 4.98. The van der Waals surface area contributed by atoms with Gasteiger partial charge in [0.25, 0.3) is 5.91 Å². The van der Waals surface area contributed by atoms with Gasteiger partial charge in [0.2, 0.25) is 0 Å². The summed E-state index contributed by atoms with van der Waals surface area (Å²) in [5.41, 5.74) is 2.02. The SMILES string of the molecule is CC(C)=CCOc1cc(Cl)c(OCCCNC(=O)C(=C(Cl)Cl)c2ccccc2)c(Cl)c1. The molecule has 1 amide bonds. The fraction of sp³-hybridized carbons (Fsp3) is 0.261. The highest BCUT2D eigenvalue weighted by Gasteiger charge is 2.15. The van der Waals surface area contributed by atoms with Crippen molar-refractivity contribution in [2.75, 3.05) is 19.8 Å². The third-order valence-electron chi connectivity index (χ3n) is 4.04. The van der Waals surface area contributed by atoms with Crippen LogP contribution >= 0.6 is 46.4 Å². The van der Waals surface area contributed by atoms with E-state index in [-0.39, 0.29) is 16.0 Å². The summed E-state index contributed by atoms with van der Waals surface area (Å²) < 4.78 is 11.2. The summed E-state index contributed by atoms with van der Waals surface area (Å²) in [7, 11) is 0. The van der Waals surface area contributed by atoms with Crippen molar-refractivity contribution < 1.29 is 14.3 Å². The number of ether oxygens (including phenoxy) is 2. The number of allylic oxidation sites excluding steroid dienone is 1. The first-order valence-corrected chi connectivity index (χ1v) is 11.1. The van der Waals surface area contributed by atoms with Crippen LogP contribution in [0.15, 0.2) is 58.6 Å². The first-order chi connectivity index (χ1) is 14.8. The standard InChI is InChI=1S/C23H23Cl4NO3/c1-15(2)9-12-30-17-13-18(24)21(19(25)14-17)31-11-6-10-28-23(29)20(22(26)27)16-7-4-3-5-8-16/h3-5,7-9,13-14H,6,10-12H2,1-2H3,(H,28,29). The highest BCUT2D eigenvalue weighted by atomic mass is 35.5. The Kier molecular flexibility index (Phi) is 10.6. The van der Waals surface area contributed by atoms with E-state index in [9.17, 15) is 4.79 Å². The maximum absolute atomic E-state index is 12.5. The van der Waals surface area contributed by atoms with Crippen LogP contribution in [0.1, 0.15) is 25.8 Å². The molecule has 0 aliphatic carbocycles. The molecule has 0 aromatic heterocycles. The number of amides is 1. The van der Waals surface area contributed by atoms with Crippen molar-refractivity contribution in [2.45, 2.75) is 20.3 Å². The fourth-order valence-corrected chi connectivity index (χ4v) is 3.50. The number of rotatable bonds is 10. The number of benzene rings is 2. The Bertz CT molecular complexity index is 928. The van der Waals surface area contributed by atoms with Crippen molar-refractivity contribution in [3.63, 3.8) is 0 Å². The Morgan fingerprint density at radius 2 is 1.68 bits per heavy atom. The molecule has 2 aromatic rings. The Labute approximate surface area is 202 Å². The summed E-state index contributed by atoms with van der Waals surface area (Å²) in [6, 6.07) is 12.3. The molecule has 0 radical (unpaired) electrons. The molecule has 8 heteroatoms. The van der Waals surface area contributed by atoms with Crippen molar-refractivity contribution in [1.82, 2.24) is 5.32 Å². The summed E-state index contributed by atoms with van der Waals surface area (Å²) in [6.07, 6.45) is 2.48. The Hall–Kier alpha value is -1.85. The van der Waals surface area contributed by atoms with Crippen molar-refractivity contribution in [3.05, 3.63) is 74.2 Å². The van der Waals surface area contributed by atoms with Gasteiger partial charge >= 0.3 is 0 Å². The van der Waals surface area contributed by atoms with Gasteiger partial charge < -0.3 is 14.8 Å². The first-order valence-electron chi connectivity index (χ1n) is 9.56. The van der Waals surface area contributed by atoms with Crippen molar-refractivity contribution >= 4 is 57.9 Å². The van der Waals surface area contributed by atoms with Crippen LogP contribution in [0.2, 0.25) is 10.0 Å². The van der Waals surface area contributed by atoms with Crippen LogP contribution in [0.5, 0.6) is 11.5 Å². The van der Waals surface area contributed by atoms with E-state index >= 15 is 0 Å². The van der Waals surface area contributed by atoms with E-state index in [1.807, 2.05) is 26.0 Å². The van der Waals surface area contributed by atoms with Crippen LogP contribution in [-0.2, 0) is 4.79 Å². The molecule has 0 aliphatic rings. The molecule has 0 saturated heterocycles. The zero-order valence-electron chi connectivity index (χ0n) is 17.2. The minimum absolute atomic E-state index is 0.0922. The van der Waals surface area contributed by atoms with Crippen LogP contribution < -0.4 is 14.8 Å². The molecule has 0 aliphatic heterocycles. The molecule has 0 saturated carbocycles. The molecule has 1 N–H and O–H groups in total. The predicted molar refractivity (Wildman–Crippen MR) is 130 cm³/mol. The predicted octanol–water partition coefficient (Wildman–Crippen LogP) is 7.07. The Morgan fingerprint density at radius 1 is 1.03 bits per heavy atom. The molecule has 4 nitrogen and oxygen atoms in total.